The standard InChI is InChI=1S/C33H19N/c34-20-21-5-7-23(8-6-21)28-15-11-24-14-18-31-29(16-12-25-13-17-30(28)32(24)33(25)31)27-10-9-22-3-1-2-4-26(22)19-27/h1-19H. The molecule has 0 unspecified atom stereocenters. The number of benzene rings is 7. The third-order valence-electron chi connectivity index (χ3n) is 7.05. The maximum absolute atomic E-state index is 9.18. The monoisotopic (exact) mass is 429 g/mol. The molecule has 1 nitrogen and oxygen atoms in total. The van der Waals surface area contributed by atoms with Gasteiger partial charge in [-0.25, -0.2) is 0 Å². The fraction of sp³-hybridized carbons (Fsp3) is 0. The van der Waals surface area contributed by atoms with Crippen molar-refractivity contribution in [2.45, 2.75) is 0 Å². The molecule has 1 heteroatoms. The molecule has 0 atom stereocenters. The minimum atomic E-state index is 0.682. The normalized spacial score (nSPS) is 11.5. The first kappa shape index (κ1) is 18.9. The van der Waals surface area contributed by atoms with E-state index in [-0.39, 0.29) is 0 Å². The Hall–Kier alpha value is -4.67. The summed E-state index contributed by atoms with van der Waals surface area (Å²) in [5.41, 5.74) is 5.51. The average Bonchev–Trinajstić information content (AvgIpc) is 2.91. The molecular formula is C33H19N. The molecule has 0 amide bonds. The number of nitrogens with zero attached hydrogens (tertiary/aromatic N) is 1. The van der Waals surface area contributed by atoms with Crippen LogP contribution in [0.15, 0.2) is 115 Å². The van der Waals surface area contributed by atoms with Crippen molar-refractivity contribution in [3.63, 3.8) is 0 Å². The van der Waals surface area contributed by atoms with Crippen LogP contribution in [0.25, 0.3) is 65.3 Å². The molecule has 0 aliphatic rings. The highest BCUT2D eigenvalue weighted by Crippen LogP contribution is 2.42. The molecule has 0 radical (unpaired) electrons. The molecular weight excluding hydrogens is 410 g/mol. The molecule has 0 N–H and O–H groups in total. The number of nitriles is 1. The smallest absolute Gasteiger partial charge is 0.0991 e. The first-order valence-corrected chi connectivity index (χ1v) is 11.5. The summed E-state index contributed by atoms with van der Waals surface area (Å²) < 4.78 is 0. The van der Waals surface area contributed by atoms with E-state index in [4.69, 9.17) is 0 Å². The lowest BCUT2D eigenvalue weighted by molar-refractivity contribution is 1.48. The van der Waals surface area contributed by atoms with Gasteiger partial charge in [-0.05, 0) is 83.5 Å². The fourth-order valence-electron chi connectivity index (χ4n) is 5.39. The predicted octanol–water partition coefficient (Wildman–Crippen LogP) is 8.94. The van der Waals surface area contributed by atoms with Crippen LogP contribution in [0.3, 0.4) is 0 Å². The van der Waals surface area contributed by atoms with Gasteiger partial charge in [0.05, 0.1) is 11.6 Å². The van der Waals surface area contributed by atoms with E-state index in [1.165, 1.54) is 59.8 Å². The number of rotatable bonds is 2. The Bertz CT molecular complexity index is 1900. The topological polar surface area (TPSA) is 23.8 Å². The van der Waals surface area contributed by atoms with Gasteiger partial charge in [-0.15, -0.1) is 0 Å². The van der Waals surface area contributed by atoms with Crippen molar-refractivity contribution in [3.05, 3.63) is 121 Å². The van der Waals surface area contributed by atoms with Crippen molar-refractivity contribution in [1.82, 2.24) is 0 Å². The highest BCUT2D eigenvalue weighted by Gasteiger charge is 2.15. The lowest BCUT2D eigenvalue weighted by Crippen LogP contribution is -1.89. The summed E-state index contributed by atoms with van der Waals surface area (Å²) in [4.78, 5) is 0. The molecule has 0 fully saturated rings. The number of hydrogen-bond acceptors (Lipinski definition) is 1. The van der Waals surface area contributed by atoms with E-state index < -0.39 is 0 Å². The van der Waals surface area contributed by atoms with Crippen LogP contribution < -0.4 is 0 Å². The van der Waals surface area contributed by atoms with Crippen LogP contribution in [0, 0.1) is 11.3 Å². The molecule has 0 aliphatic carbocycles. The van der Waals surface area contributed by atoms with Gasteiger partial charge in [-0.1, -0.05) is 97.1 Å². The highest BCUT2D eigenvalue weighted by molar-refractivity contribution is 6.27. The summed E-state index contributed by atoms with van der Waals surface area (Å²) in [6.45, 7) is 0. The van der Waals surface area contributed by atoms with Crippen molar-refractivity contribution >= 4 is 43.1 Å². The third-order valence-corrected chi connectivity index (χ3v) is 7.05. The summed E-state index contributed by atoms with van der Waals surface area (Å²) in [6, 6.07) is 43.3. The molecule has 0 saturated carbocycles. The molecule has 0 spiro atoms. The maximum atomic E-state index is 9.18. The zero-order chi connectivity index (χ0) is 22.6. The van der Waals surface area contributed by atoms with Gasteiger partial charge in [-0.3, -0.25) is 0 Å². The summed E-state index contributed by atoms with van der Waals surface area (Å²) in [5.74, 6) is 0. The Labute approximate surface area is 197 Å². The SMILES string of the molecule is N#Cc1ccc(-c2ccc3ccc4c(-c5ccc6ccccc6c5)ccc5ccc2c3c54)cc1. The minimum Gasteiger partial charge on any atom is -0.192 e. The Balaban J connectivity index is 1.53. The van der Waals surface area contributed by atoms with Crippen LogP contribution >= 0.6 is 0 Å². The molecule has 0 aliphatic heterocycles. The average molecular weight is 430 g/mol. The van der Waals surface area contributed by atoms with Gasteiger partial charge in [0.1, 0.15) is 0 Å². The maximum Gasteiger partial charge on any atom is 0.0991 e. The highest BCUT2D eigenvalue weighted by atomic mass is 14.2. The van der Waals surface area contributed by atoms with Gasteiger partial charge in [0, 0.05) is 0 Å². The first-order chi connectivity index (χ1) is 16.8. The van der Waals surface area contributed by atoms with Crippen LogP contribution in [0.4, 0.5) is 0 Å². The zero-order valence-corrected chi connectivity index (χ0v) is 18.4. The lowest BCUT2D eigenvalue weighted by Gasteiger charge is -2.16. The molecule has 156 valence electrons. The van der Waals surface area contributed by atoms with E-state index in [1.54, 1.807) is 0 Å². The summed E-state index contributed by atoms with van der Waals surface area (Å²) in [5, 5.41) is 19.4. The quantitative estimate of drug-likeness (QED) is 0.252. The molecule has 0 saturated heterocycles. The molecule has 7 aromatic carbocycles. The molecule has 0 aromatic heterocycles. The Morgan fingerprint density at radius 2 is 0.971 bits per heavy atom. The second-order valence-electron chi connectivity index (χ2n) is 8.90. The van der Waals surface area contributed by atoms with Crippen molar-refractivity contribution in [3.8, 4) is 28.3 Å². The molecule has 34 heavy (non-hydrogen) atoms. The lowest BCUT2D eigenvalue weighted by atomic mass is 9.87. The van der Waals surface area contributed by atoms with Gasteiger partial charge in [0.2, 0.25) is 0 Å². The van der Waals surface area contributed by atoms with Gasteiger partial charge >= 0.3 is 0 Å². The van der Waals surface area contributed by atoms with Crippen molar-refractivity contribution in [2.24, 2.45) is 0 Å². The van der Waals surface area contributed by atoms with E-state index >= 15 is 0 Å². The van der Waals surface area contributed by atoms with E-state index in [0.717, 1.165) is 5.56 Å². The van der Waals surface area contributed by atoms with Gasteiger partial charge in [-0.2, -0.15) is 5.26 Å². The molecule has 0 bridgehead atoms. The predicted molar refractivity (Wildman–Crippen MR) is 143 cm³/mol. The van der Waals surface area contributed by atoms with Crippen LogP contribution in [-0.2, 0) is 0 Å². The van der Waals surface area contributed by atoms with Crippen LogP contribution in [0.1, 0.15) is 5.56 Å². The Morgan fingerprint density at radius 3 is 1.62 bits per heavy atom. The number of fused-ring (bicyclic) bond motifs is 1. The minimum absolute atomic E-state index is 0.682. The van der Waals surface area contributed by atoms with E-state index in [1.807, 2.05) is 24.3 Å². The van der Waals surface area contributed by atoms with E-state index in [9.17, 15) is 5.26 Å². The van der Waals surface area contributed by atoms with Crippen LogP contribution in [0.2, 0.25) is 0 Å². The summed E-state index contributed by atoms with van der Waals surface area (Å²) in [7, 11) is 0. The summed E-state index contributed by atoms with van der Waals surface area (Å²) >= 11 is 0. The van der Waals surface area contributed by atoms with E-state index in [0.29, 0.717) is 5.56 Å². The molecule has 7 rings (SSSR count). The second-order valence-corrected chi connectivity index (χ2v) is 8.90. The molecule has 7 aromatic rings. The van der Waals surface area contributed by atoms with Crippen LogP contribution in [-0.4, -0.2) is 0 Å². The van der Waals surface area contributed by atoms with Crippen molar-refractivity contribution in [2.75, 3.05) is 0 Å². The van der Waals surface area contributed by atoms with Crippen molar-refractivity contribution in [1.29, 1.82) is 5.26 Å². The van der Waals surface area contributed by atoms with Crippen LogP contribution in [0.5, 0.6) is 0 Å². The second kappa shape index (κ2) is 7.17. The van der Waals surface area contributed by atoms with Gasteiger partial charge in [0.15, 0.2) is 0 Å². The number of hydrogen-bond donors (Lipinski definition) is 0. The summed E-state index contributed by atoms with van der Waals surface area (Å²) in [6.07, 6.45) is 0. The largest absolute Gasteiger partial charge is 0.192 e. The van der Waals surface area contributed by atoms with Crippen molar-refractivity contribution < 1.29 is 0 Å². The molecule has 0 heterocycles. The van der Waals surface area contributed by atoms with Gasteiger partial charge in [0.25, 0.3) is 0 Å². The first-order valence-electron chi connectivity index (χ1n) is 11.5. The fourth-order valence-corrected chi connectivity index (χ4v) is 5.39. The zero-order valence-electron chi connectivity index (χ0n) is 18.4. The van der Waals surface area contributed by atoms with Gasteiger partial charge < -0.3 is 0 Å². The Kier molecular flexibility index (Phi) is 3.98. The Morgan fingerprint density at radius 1 is 0.441 bits per heavy atom. The third kappa shape index (κ3) is 2.73. The van der Waals surface area contributed by atoms with E-state index in [2.05, 4.69) is 97.1 Å².